The van der Waals surface area contributed by atoms with Gasteiger partial charge in [-0.05, 0) is 42.2 Å². The highest BCUT2D eigenvalue weighted by molar-refractivity contribution is 7.98. The van der Waals surface area contributed by atoms with E-state index < -0.39 is 0 Å². The molecule has 0 aromatic heterocycles. The molecular weight excluding hydrogens is 334 g/mol. The second-order valence-electron chi connectivity index (χ2n) is 4.72. The number of hydrogen-bond acceptors (Lipinski definition) is 4. The van der Waals surface area contributed by atoms with Crippen LogP contribution in [0.1, 0.15) is 26.3 Å². The zero-order chi connectivity index (χ0) is 16.8. The zero-order valence-corrected chi connectivity index (χ0v) is 14.3. The second-order valence-corrected chi connectivity index (χ2v) is 6.00. The average Bonchev–Trinajstić information content (AvgIpc) is 2.59. The van der Waals surface area contributed by atoms with Crippen molar-refractivity contribution in [3.05, 3.63) is 64.2 Å². The van der Waals surface area contributed by atoms with Gasteiger partial charge in [0, 0.05) is 11.4 Å². The normalized spacial score (nSPS) is 10.2. The number of ether oxygens (including phenoxy) is 1. The molecule has 2 rings (SSSR count). The Morgan fingerprint density at radius 3 is 2.48 bits per heavy atom. The van der Waals surface area contributed by atoms with Crippen LogP contribution >= 0.6 is 23.4 Å². The lowest BCUT2D eigenvalue weighted by molar-refractivity contribution is 0.0600. The van der Waals surface area contributed by atoms with E-state index in [4.69, 9.17) is 11.6 Å². The van der Waals surface area contributed by atoms with Crippen molar-refractivity contribution in [3.63, 3.8) is 0 Å². The lowest BCUT2D eigenvalue weighted by Crippen LogP contribution is -2.23. The molecule has 0 atom stereocenters. The fourth-order valence-corrected chi connectivity index (χ4v) is 2.60. The second kappa shape index (κ2) is 8.04. The summed E-state index contributed by atoms with van der Waals surface area (Å²) in [5.41, 5.74) is 1.80. The van der Waals surface area contributed by atoms with Crippen LogP contribution in [0.25, 0.3) is 0 Å². The number of amides is 1. The van der Waals surface area contributed by atoms with Gasteiger partial charge in [0.25, 0.3) is 5.91 Å². The van der Waals surface area contributed by atoms with Crippen LogP contribution in [0.2, 0.25) is 5.02 Å². The third kappa shape index (κ3) is 4.50. The molecule has 120 valence electrons. The number of carbonyl (C=O) groups is 2. The number of esters is 1. The first-order valence-corrected chi connectivity index (χ1v) is 8.44. The molecule has 0 aliphatic rings. The van der Waals surface area contributed by atoms with Gasteiger partial charge in [-0.1, -0.05) is 23.7 Å². The van der Waals surface area contributed by atoms with E-state index in [0.717, 1.165) is 10.5 Å². The summed E-state index contributed by atoms with van der Waals surface area (Å²) in [5.74, 6) is -0.621. The number of benzene rings is 2. The van der Waals surface area contributed by atoms with E-state index in [1.165, 1.54) is 7.11 Å². The van der Waals surface area contributed by atoms with Gasteiger partial charge in [0.2, 0.25) is 0 Å². The Morgan fingerprint density at radius 1 is 1.17 bits per heavy atom. The summed E-state index contributed by atoms with van der Waals surface area (Å²) in [6, 6.07) is 12.2. The van der Waals surface area contributed by atoms with Crippen molar-refractivity contribution < 1.29 is 14.3 Å². The van der Waals surface area contributed by atoms with Gasteiger partial charge in [-0.15, -0.1) is 11.8 Å². The molecule has 0 saturated carbocycles. The molecule has 0 fully saturated rings. The van der Waals surface area contributed by atoms with Crippen molar-refractivity contribution in [3.8, 4) is 0 Å². The van der Waals surface area contributed by atoms with Gasteiger partial charge in [0.15, 0.2) is 0 Å². The highest BCUT2D eigenvalue weighted by Crippen LogP contribution is 2.23. The minimum Gasteiger partial charge on any atom is -0.465 e. The number of rotatable bonds is 5. The van der Waals surface area contributed by atoms with Crippen LogP contribution in [0.15, 0.2) is 47.4 Å². The highest BCUT2D eigenvalue weighted by atomic mass is 35.5. The number of carbonyl (C=O) groups excluding carboxylic acids is 2. The summed E-state index contributed by atoms with van der Waals surface area (Å²) >= 11 is 7.63. The molecule has 6 heteroatoms. The number of thioether (sulfide) groups is 1. The maximum absolute atomic E-state index is 12.2. The number of halogens is 1. The maximum Gasteiger partial charge on any atom is 0.337 e. The molecule has 0 radical (unpaired) electrons. The first-order chi connectivity index (χ1) is 11.0. The molecule has 0 spiro atoms. The first kappa shape index (κ1) is 17.4. The summed E-state index contributed by atoms with van der Waals surface area (Å²) < 4.78 is 4.64. The van der Waals surface area contributed by atoms with Crippen molar-refractivity contribution in [2.45, 2.75) is 11.4 Å². The summed E-state index contributed by atoms with van der Waals surface area (Å²) in [4.78, 5) is 24.6. The van der Waals surface area contributed by atoms with E-state index in [9.17, 15) is 9.59 Å². The van der Waals surface area contributed by atoms with Crippen LogP contribution < -0.4 is 5.32 Å². The molecule has 0 unspecified atom stereocenters. The van der Waals surface area contributed by atoms with Crippen molar-refractivity contribution in [1.29, 1.82) is 0 Å². The molecule has 2 aromatic rings. The Hall–Kier alpha value is -1.98. The summed E-state index contributed by atoms with van der Waals surface area (Å²) in [6.45, 7) is 0.347. The SMILES string of the molecule is COC(=O)c1ccc(CNC(=O)c2cc(SC)ccc2Cl)cc1. The third-order valence-electron chi connectivity index (χ3n) is 3.25. The zero-order valence-electron chi connectivity index (χ0n) is 12.8. The van der Waals surface area contributed by atoms with E-state index >= 15 is 0 Å². The van der Waals surface area contributed by atoms with Crippen LogP contribution in [-0.4, -0.2) is 25.2 Å². The molecule has 1 amide bonds. The van der Waals surface area contributed by atoms with E-state index in [2.05, 4.69) is 10.1 Å². The molecule has 1 N–H and O–H groups in total. The highest BCUT2D eigenvalue weighted by Gasteiger charge is 2.11. The fourth-order valence-electron chi connectivity index (χ4n) is 1.96. The van der Waals surface area contributed by atoms with E-state index in [-0.39, 0.29) is 11.9 Å². The van der Waals surface area contributed by atoms with Gasteiger partial charge >= 0.3 is 5.97 Å². The average molecular weight is 350 g/mol. The largest absolute Gasteiger partial charge is 0.465 e. The van der Waals surface area contributed by atoms with Crippen molar-refractivity contribution >= 4 is 35.2 Å². The quantitative estimate of drug-likeness (QED) is 0.659. The molecule has 23 heavy (non-hydrogen) atoms. The molecular formula is C17H16ClNO3S. The molecule has 0 heterocycles. The first-order valence-electron chi connectivity index (χ1n) is 6.84. The molecule has 0 saturated heterocycles. The minimum absolute atomic E-state index is 0.233. The van der Waals surface area contributed by atoms with Crippen LogP contribution in [0, 0.1) is 0 Å². The Bertz CT molecular complexity index is 716. The van der Waals surface area contributed by atoms with Crippen LogP contribution in [0.3, 0.4) is 0 Å². The Labute approximate surface area is 144 Å². The number of hydrogen-bond donors (Lipinski definition) is 1. The van der Waals surface area contributed by atoms with Gasteiger partial charge in [-0.3, -0.25) is 4.79 Å². The predicted molar refractivity (Wildman–Crippen MR) is 92.2 cm³/mol. The van der Waals surface area contributed by atoms with E-state index in [1.807, 2.05) is 12.3 Å². The smallest absolute Gasteiger partial charge is 0.337 e. The Morgan fingerprint density at radius 2 is 1.87 bits per heavy atom. The monoisotopic (exact) mass is 349 g/mol. The fraction of sp³-hybridized carbons (Fsp3) is 0.176. The number of nitrogens with one attached hydrogen (secondary N) is 1. The van der Waals surface area contributed by atoms with Gasteiger partial charge in [-0.2, -0.15) is 0 Å². The molecule has 0 bridgehead atoms. The van der Waals surface area contributed by atoms with Crippen LogP contribution in [0.4, 0.5) is 0 Å². The van der Waals surface area contributed by atoms with Gasteiger partial charge in [-0.25, -0.2) is 4.79 Å². The summed E-state index contributed by atoms with van der Waals surface area (Å²) in [6.07, 6.45) is 1.94. The van der Waals surface area contributed by atoms with Gasteiger partial charge < -0.3 is 10.1 Å². The van der Waals surface area contributed by atoms with E-state index in [1.54, 1.807) is 48.2 Å². The molecule has 2 aromatic carbocycles. The van der Waals surface area contributed by atoms with Crippen molar-refractivity contribution in [2.24, 2.45) is 0 Å². The topological polar surface area (TPSA) is 55.4 Å². The molecule has 0 aliphatic heterocycles. The third-order valence-corrected chi connectivity index (χ3v) is 4.30. The lowest BCUT2D eigenvalue weighted by atomic mass is 10.1. The molecule has 0 aliphatic carbocycles. The van der Waals surface area contributed by atoms with Crippen LogP contribution in [-0.2, 0) is 11.3 Å². The maximum atomic E-state index is 12.2. The minimum atomic E-state index is -0.388. The summed E-state index contributed by atoms with van der Waals surface area (Å²) in [7, 11) is 1.34. The van der Waals surface area contributed by atoms with Crippen molar-refractivity contribution in [1.82, 2.24) is 5.32 Å². The van der Waals surface area contributed by atoms with Crippen molar-refractivity contribution in [2.75, 3.05) is 13.4 Å². The standard InChI is InChI=1S/C17H16ClNO3S/c1-22-17(21)12-5-3-11(4-6-12)10-19-16(20)14-9-13(23-2)7-8-15(14)18/h3-9H,10H2,1-2H3,(H,19,20). The lowest BCUT2D eigenvalue weighted by Gasteiger charge is -2.08. The Kier molecular flexibility index (Phi) is 6.07. The summed E-state index contributed by atoms with van der Waals surface area (Å²) in [5, 5.41) is 3.24. The Balaban J connectivity index is 2.03. The molecule has 4 nitrogen and oxygen atoms in total. The predicted octanol–water partition coefficient (Wildman–Crippen LogP) is 3.78. The van der Waals surface area contributed by atoms with Gasteiger partial charge in [0.1, 0.15) is 0 Å². The van der Waals surface area contributed by atoms with E-state index in [0.29, 0.717) is 22.7 Å². The van der Waals surface area contributed by atoms with Crippen LogP contribution in [0.5, 0.6) is 0 Å². The van der Waals surface area contributed by atoms with Gasteiger partial charge in [0.05, 0.1) is 23.3 Å². The number of methoxy groups -OCH3 is 1.